The average molecular weight is 401 g/mol. The molecule has 4 rings (SSSR count). The summed E-state index contributed by atoms with van der Waals surface area (Å²) in [6.45, 7) is 0.872. The van der Waals surface area contributed by atoms with E-state index in [2.05, 4.69) is 20.7 Å². The van der Waals surface area contributed by atoms with Crippen LogP contribution in [0, 0.1) is 0 Å². The molecule has 0 radical (unpaired) electrons. The van der Waals surface area contributed by atoms with Crippen LogP contribution in [0.2, 0.25) is 0 Å². The number of hydrogen-bond acceptors (Lipinski definition) is 6. The predicted molar refractivity (Wildman–Crippen MR) is 111 cm³/mol. The minimum atomic E-state index is -0.112. The molecular weight excluding hydrogens is 372 g/mol. The van der Waals surface area contributed by atoms with E-state index in [1.54, 1.807) is 7.11 Å². The van der Waals surface area contributed by atoms with Crippen molar-refractivity contribution in [2.24, 2.45) is 0 Å². The van der Waals surface area contributed by atoms with Crippen molar-refractivity contribution in [1.82, 2.24) is 14.7 Å². The van der Waals surface area contributed by atoms with Gasteiger partial charge in [-0.05, 0) is 43.4 Å². The largest absolute Gasteiger partial charge is 0.497 e. The van der Waals surface area contributed by atoms with E-state index in [0.29, 0.717) is 12.5 Å². The Hall–Kier alpha value is -2.15. The Morgan fingerprint density at radius 3 is 2.93 bits per heavy atom. The molecule has 1 atom stereocenters. The maximum atomic E-state index is 12.9. The number of amides is 1. The third kappa shape index (κ3) is 4.46. The molecule has 1 aliphatic carbocycles. The van der Waals surface area contributed by atoms with E-state index >= 15 is 0 Å². The molecule has 1 aromatic heterocycles. The fraction of sp³-hybridized carbons (Fsp3) is 0.571. The molecule has 1 amide bonds. The Kier molecular flexibility index (Phi) is 6.10. The van der Waals surface area contributed by atoms with Crippen molar-refractivity contribution in [2.45, 2.75) is 63.5 Å². The molecule has 6 nitrogen and oxygen atoms in total. The fourth-order valence-electron chi connectivity index (χ4n) is 4.21. The van der Waals surface area contributed by atoms with Crippen LogP contribution in [0.3, 0.4) is 0 Å². The molecule has 0 spiro atoms. The lowest BCUT2D eigenvalue weighted by molar-refractivity contribution is -0.123. The minimum absolute atomic E-state index is 0.112. The monoisotopic (exact) mass is 400 g/mol. The van der Waals surface area contributed by atoms with Crippen molar-refractivity contribution in [3.8, 4) is 5.75 Å². The molecule has 1 aromatic carbocycles. The van der Waals surface area contributed by atoms with Gasteiger partial charge in [-0.15, -0.1) is 0 Å². The third-order valence-corrected chi connectivity index (χ3v) is 6.50. The summed E-state index contributed by atoms with van der Waals surface area (Å²) in [6, 6.07) is 8.22. The van der Waals surface area contributed by atoms with E-state index in [-0.39, 0.29) is 11.9 Å². The second-order valence-electron chi connectivity index (χ2n) is 7.72. The summed E-state index contributed by atoms with van der Waals surface area (Å²) in [5, 5.41) is 4.14. The molecule has 28 heavy (non-hydrogen) atoms. The van der Waals surface area contributed by atoms with Gasteiger partial charge in [0, 0.05) is 30.5 Å². The van der Waals surface area contributed by atoms with Gasteiger partial charge in [-0.25, -0.2) is 4.98 Å². The summed E-state index contributed by atoms with van der Waals surface area (Å²) in [4.78, 5) is 19.7. The van der Waals surface area contributed by atoms with Gasteiger partial charge in [0.2, 0.25) is 11.0 Å². The number of anilines is 1. The van der Waals surface area contributed by atoms with Gasteiger partial charge in [0.05, 0.1) is 7.11 Å². The van der Waals surface area contributed by atoms with Crippen molar-refractivity contribution in [2.75, 3.05) is 18.6 Å². The quantitative estimate of drug-likeness (QED) is 0.803. The van der Waals surface area contributed by atoms with Crippen molar-refractivity contribution < 1.29 is 9.53 Å². The molecule has 2 aromatic rings. The number of methoxy groups -OCH3 is 1. The molecular formula is C21H28N4O2S. The Labute approximate surface area is 170 Å². The number of benzene rings is 1. The second kappa shape index (κ2) is 8.90. The van der Waals surface area contributed by atoms with Gasteiger partial charge >= 0.3 is 0 Å². The predicted octanol–water partition coefficient (Wildman–Crippen LogP) is 3.56. The van der Waals surface area contributed by atoms with Gasteiger partial charge in [-0.1, -0.05) is 31.4 Å². The van der Waals surface area contributed by atoms with E-state index in [1.807, 2.05) is 18.2 Å². The highest BCUT2D eigenvalue weighted by Crippen LogP contribution is 2.28. The average Bonchev–Trinajstić information content (AvgIpc) is 3.38. The van der Waals surface area contributed by atoms with Gasteiger partial charge in [0.1, 0.15) is 17.6 Å². The number of nitrogens with zero attached hydrogens (tertiary/aromatic N) is 3. The van der Waals surface area contributed by atoms with Crippen LogP contribution in [0.1, 0.15) is 56.3 Å². The number of ether oxygens (including phenoxy) is 1. The molecule has 1 N–H and O–H groups in total. The number of rotatable bonds is 6. The van der Waals surface area contributed by atoms with Gasteiger partial charge in [0.25, 0.3) is 0 Å². The van der Waals surface area contributed by atoms with Crippen LogP contribution in [0.15, 0.2) is 24.3 Å². The molecule has 1 saturated carbocycles. The molecule has 150 valence electrons. The fourth-order valence-corrected chi connectivity index (χ4v) is 4.97. The van der Waals surface area contributed by atoms with Gasteiger partial charge in [0.15, 0.2) is 0 Å². The third-order valence-electron chi connectivity index (χ3n) is 5.71. The molecule has 2 fully saturated rings. The van der Waals surface area contributed by atoms with Gasteiger partial charge in [-0.3, -0.25) is 4.79 Å². The summed E-state index contributed by atoms with van der Waals surface area (Å²) >= 11 is 1.40. The first-order valence-corrected chi connectivity index (χ1v) is 11.0. The normalized spacial score (nSPS) is 20.3. The maximum absolute atomic E-state index is 12.9. The summed E-state index contributed by atoms with van der Waals surface area (Å²) in [5.74, 6) is 1.80. The van der Waals surface area contributed by atoms with E-state index in [1.165, 1.54) is 30.8 Å². The minimum Gasteiger partial charge on any atom is -0.497 e. The van der Waals surface area contributed by atoms with Crippen molar-refractivity contribution in [1.29, 1.82) is 0 Å². The molecule has 1 unspecified atom stereocenters. The second-order valence-corrected chi connectivity index (χ2v) is 8.45. The van der Waals surface area contributed by atoms with Crippen molar-refractivity contribution >= 4 is 22.6 Å². The van der Waals surface area contributed by atoms with Crippen LogP contribution >= 0.6 is 11.5 Å². The lowest BCUT2D eigenvalue weighted by Crippen LogP contribution is -2.47. The number of carbonyl (C=O) groups excluding carboxylic acids is 1. The standard InChI is InChI=1S/C21H28N4O2S/c1-27-17-10-5-7-15(13-17)14-19-23-21(28-24-19)25-12-6-11-18(25)20(26)22-16-8-3-2-4-9-16/h5,7,10,13,16,18H,2-4,6,8-9,11-12,14H2,1H3,(H,22,26). The number of nitrogens with one attached hydrogen (secondary N) is 1. The Morgan fingerprint density at radius 1 is 1.25 bits per heavy atom. The number of hydrogen-bond donors (Lipinski definition) is 1. The summed E-state index contributed by atoms with van der Waals surface area (Å²) in [6.07, 6.45) is 8.55. The first kappa shape index (κ1) is 19.2. The zero-order chi connectivity index (χ0) is 19.3. The van der Waals surface area contributed by atoms with Crippen LogP contribution in [-0.2, 0) is 11.2 Å². The first-order valence-electron chi connectivity index (χ1n) is 10.3. The smallest absolute Gasteiger partial charge is 0.243 e. The highest BCUT2D eigenvalue weighted by atomic mass is 32.1. The molecule has 1 saturated heterocycles. The first-order chi connectivity index (χ1) is 13.7. The zero-order valence-corrected chi connectivity index (χ0v) is 17.2. The van der Waals surface area contributed by atoms with Crippen LogP contribution < -0.4 is 15.0 Å². The lowest BCUT2D eigenvalue weighted by atomic mass is 9.95. The molecule has 2 heterocycles. The maximum Gasteiger partial charge on any atom is 0.243 e. The SMILES string of the molecule is COc1cccc(Cc2nsc(N3CCCC3C(=O)NC3CCCCC3)n2)c1. The van der Waals surface area contributed by atoms with Crippen LogP contribution in [-0.4, -0.2) is 41.0 Å². The topological polar surface area (TPSA) is 67.3 Å². The van der Waals surface area contributed by atoms with Crippen molar-refractivity contribution in [3.63, 3.8) is 0 Å². The van der Waals surface area contributed by atoms with E-state index in [4.69, 9.17) is 9.72 Å². The Balaban J connectivity index is 1.41. The van der Waals surface area contributed by atoms with Crippen LogP contribution in [0.5, 0.6) is 5.75 Å². The highest BCUT2D eigenvalue weighted by Gasteiger charge is 2.34. The number of aromatic nitrogens is 2. The molecule has 1 aliphatic heterocycles. The Bertz CT molecular complexity index is 803. The number of carbonyl (C=O) groups is 1. The van der Waals surface area contributed by atoms with Gasteiger partial charge < -0.3 is 15.0 Å². The molecule has 2 aliphatic rings. The highest BCUT2D eigenvalue weighted by molar-refractivity contribution is 7.09. The summed E-state index contributed by atoms with van der Waals surface area (Å²) < 4.78 is 9.83. The van der Waals surface area contributed by atoms with Crippen LogP contribution in [0.4, 0.5) is 5.13 Å². The zero-order valence-electron chi connectivity index (χ0n) is 16.4. The van der Waals surface area contributed by atoms with Gasteiger partial charge in [-0.2, -0.15) is 4.37 Å². The summed E-state index contributed by atoms with van der Waals surface area (Å²) in [5.41, 5.74) is 1.12. The van der Waals surface area contributed by atoms with E-state index < -0.39 is 0 Å². The van der Waals surface area contributed by atoms with Crippen LogP contribution in [0.25, 0.3) is 0 Å². The molecule has 0 bridgehead atoms. The molecule has 7 heteroatoms. The van der Waals surface area contributed by atoms with E-state index in [9.17, 15) is 4.79 Å². The lowest BCUT2D eigenvalue weighted by Gasteiger charge is -2.27. The Morgan fingerprint density at radius 2 is 2.11 bits per heavy atom. The summed E-state index contributed by atoms with van der Waals surface area (Å²) in [7, 11) is 1.67. The van der Waals surface area contributed by atoms with E-state index in [0.717, 1.165) is 54.5 Å². The van der Waals surface area contributed by atoms with Crippen molar-refractivity contribution in [3.05, 3.63) is 35.7 Å².